The van der Waals surface area contributed by atoms with Gasteiger partial charge in [0.1, 0.15) is 0 Å². The fourth-order valence-corrected chi connectivity index (χ4v) is 4.28. The predicted octanol–water partition coefficient (Wildman–Crippen LogP) is 4.94. The molecular formula is C30H30F3N3O6. The number of carbonyl (C=O) groups excluding carboxylic acids is 2. The standard InChI is InChI=1S/C28H29N3O4.C2HF3O2/c1-18(21-7-6-20-4-2-3-5-22(20)15-21)14-26(32)31-25-16-23(8-9-24(25)28(34)35)27(33)30-17-19-10-12-29-13-11-19;3-2(4,5)1(6)7/h2-9,14-16,19,29H,10-13,17H2,1H3,(H,30,33)(H,31,32)(H,34,35);(H,6,7)/b18-14-;. The maximum absolute atomic E-state index is 12.8. The quantitative estimate of drug-likeness (QED) is 0.247. The van der Waals surface area contributed by atoms with Gasteiger partial charge in [-0.05, 0) is 84.9 Å². The maximum atomic E-state index is 12.8. The molecule has 0 bridgehead atoms. The van der Waals surface area contributed by atoms with Crippen molar-refractivity contribution in [1.29, 1.82) is 0 Å². The lowest BCUT2D eigenvalue weighted by atomic mass is 9.98. The first-order valence-electron chi connectivity index (χ1n) is 13.0. The minimum Gasteiger partial charge on any atom is -0.478 e. The minimum absolute atomic E-state index is 0.0787. The average Bonchev–Trinajstić information content (AvgIpc) is 2.95. The molecule has 42 heavy (non-hydrogen) atoms. The number of hydrogen-bond donors (Lipinski definition) is 5. The topological polar surface area (TPSA) is 145 Å². The Hall–Kier alpha value is -4.71. The van der Waals surface area contributed by atoms with Gasteiger partial charge in [0.05, 0.1) is 11.3 Å². The predicted molar refractivity (Wildman–Crippen MR) is 151 cm³/mol. The Bertz CT molecular complexity index is 1500. The first kappa shape index (κ1) is 31.8. The van der Waals surface area contributed by atoms with Gasteiger partial charge < -0.3 is 26.2 Å². The van der Waals surface area contributed by atoms with Crippen LogP contribution in [0.15, 0.2) is 66.7 Å². The van der Waals surface area contributed by atoms with Crippen LogP contribution in [0.5, 0.6) is 0 Å². The first-order valence-corrected chi connectivity index (χ1v) is 13.0. The van der Waals surface area contributed by atoms with Crippen LogP contribution in [0.2, 0.25) is 0 Å². The highest BCUT2D eigenvalue weighted by molar-refractivity contribution is 6.08. The molecule has 0 radical (unpaired) electrons. The number of halogens is 3. The molecule has 12 heteroatoms. The van der Waals surface area contributed by atoms with E-state index in [4.69, 9.17) is 9.90 Å². The minimum atomic E-state index is -5.08. The van der Waals surface area contributed by atoms with E-state index in [0.29, 0.717) is 18.0 Å². The second kappa shape index (κ2) is 14.3. The molecule has 1 heterocycles. The number of aromatic carboxylic acids is 1. The molecule has 9 nitrogen and oxygen atoms in total. The summed E-state index contributed by atoms with van der Waals surface area (Å²) in [7, 11) is 0. The van der Waals surface area contributed by atoms with Crippen molar-refractivity contribution in [3.05, 3.63) is 83.4 Å². The number of piperidine rings is 1. The van der Waals surface area contributed by atoms with E-state index in [9.17, 15) is 32.7 Å². The Morgan fingerprint density at radius 1 is 0.929 bits per heavy atom. The molecule has 222 valence electrons. The molecule has 0 atom stereocenters. The molecule has 4 rings (SSSR count). The van der Waals surface area contributed by atoms with Crippen LogP contribution < -0.4 is 16.0 Å². The third-order valence-electron chi connectivity index (χ3n) is 6.57. The monoisotopic (exact) mass is 585 g/mol. The highest BCUT2D eigenvalue weighted by Crippen LogP contribution is 2.23. The molecule has 1 aliphatic heterocycles. The van der Waals surface area contributed by atoms with Crippen LogP contribution in [0.25, 0.3) is 16.3 Å². The van der Waals surface area contributed by atoms with Gasteiger partial charge in [-0.25, -0.2) is 9.59 Å². The number of carbonyl (C=O) groups is 4. The van der Waals surface area contributed by atoms with Gasteiger partial charge in [0.2, 0.25) is 5.91 Å². The lowest BCUT2D eigenvalue weighted by Crippen LogP contribution is -2.36. The van der Waals surface area contributed by atoms with Gasteiger partial charge in [-0.3, -0.25) is 9.59 Å². The van der Waals surface area contributed by atoms with Crippen LogP contribution in [0.1, 0.15) is 46.0 Å². The fourth-order valence-electron chi connectivity index (χ4n) is 4.28. The number of carboxylic acids is 2. The molecule has 0 saturated carbocycles. The molecule has 5 N–H and O–H groups in total. The van der Waals surface area contributed by atoms with Crippen molar-refractivity contribution < 1.29 is 42.6 Å². The number of rotatable bonds is 7. The zero-order valence-electron chi connectivity index (χ0n) is 22.6. The van der Waals surface area contributed by atoms with Gasteiger partial charge >= 0.3 is 18.1 Å². The van der Waals surface area contributed by atoms with Gasteiger partial charge in [-0.1, -0.05) is 36.4 Å². The number of benzene rings is 3. The fraction of sp³-hybridized carbons (Fsp3) is 0.267. The van der Waals surface area contributed by atoms with E-state index in [2.05, 4.69) is 16.0 Å². The first-order chi connectivity index (χ1) is 19.8. The highest BCUT2D eigenvalue weighted by Gasteiger charge is 2.38. The zero-order valence-corrected chi connectivity index (χ0v) is 22.6. The molecular weight excluding hydrogens is 555 g/mol. The molecule has 1 aliphatic rings. The zero-order chi connectivity index (χ0) is 30.9. The Balaban J connectivity index is 0.000000616. The number of hydrogen-bond acceptors (Lipinski definition) is 5. The lowest BCUT2D eigenvalue weighted by Gasteiger charge is -2.22. The largest absolute Gasteiger partial charge is 0.490 e. The summed E-state index contributed by atoms with van der Waals surface area (Å²) in [5.74, 6) is -4.28. The van der Waals surface area contributed by atoms with Crippen LogP contribution in [-0.2, 0) is 9.59 Å². The highest BCUT2D eigenvalue weighted by atomic mass is 19.4. The summed E-state index contributed by atoms with van der Waals surface area (Å²) in [4.78, 5) is 46.0. The number of carboxylic acid groups (broad SMARTS) is 2. The van der Waals surface area contributed by atoms with Gasteiger partial charge in [0.25, 0.3) is 5.91 Å². The summed E-state index contributed by atoms with van der Waals surface area (Å²) in [6.45, 7) is 4.27. The average molecular weight is 586 g/mol. The maximum Gasteiger partial charge on any atom is 0.490 e. The van der Waals surface area contributed by atoms with Crippen molar-refractivity contribution in [2.24, 2.45) is 5.92 Å². The van der Waals surface area contributed by atoms with E-state index in [1.807, 2.05) is 49.4 Å². The van der Waals surface area contributed by atoms with Crippen LogP contribution >= 0.6 is 0 Å². The lowest BCUT2D eigenvalue weighted by molar-refractivity contribution is -0.192. The summed E-state index contributed by atoms with van der Waals surface area (Å²) in [5, 5.41) is 27.7. The van der Waals surface area contributed by atoms with E-state index < -0.39 is 24.0 Å². The number of nitrogens with one attached hydrogen (secondary N) is 3. The third kappa shape index (κ3) is 9.16. The SMILES string of the molecule is C/C(=C/C(=O)Nc1cc(C(=O)NCC2CCNCC2)ccc1C(=O)O)c1ccc2ccccc2c1.O=C(O)C(F)(F)F. The molecule has 1 fully saturated rings. The molecule has 3 aromatic rings. The molecule has 0 unspecified atom stereocenters. The summed E-state index contributed by atoms with van der Waals surface area (Å²) in [6.07, 6.45) is -1.65. The number of alkyl halides is 3. The molecule has 0 spiro atoms. The van der Waals surface area contributed by atoms with Crippen molar-refractivity contribution in [2.75, 3.05) is 25.0 Å². The van der Waals surface area contributed by atoms with E-state index in [-0.39, 0.29) is 17.2 Å². The van der Waals surface area contributed by atoms with Crippen LogP contribution in [-0.4, -0.2) is 59.8 Å². The summed E-state index contributed by atoms with van der Waals surface area (Å²) in [6, 6.07) is 18.1. The van der Waals surface area contributed by atoms with Gasteiger partial charge in [0.15, 0.2) is 0 Å². The summed E-state index contributed by atoms with van der Waals surface area (Å²) in [5.41, 5.74) is 1.93. The van der Waals surface area contributed by atoms with E-state index in [1.54, 1.807) is 0 Å². The van der Waals surface area contributed by atoms with Crippen molar-refractivity contribution >= 4 is 45.8 Å². The molecule has 1 saturated heterocycles. The van der Waals surface area contributed by atoms with Crippen LogP contribution in [0.4, 0.5) is 18.9 Å². The van der Waals surface area contributed by atoms with Crippen molar-refractivity contribution in [3.63, 3.8) is 0 Å². The van der Waals surface area contributed by atoms with Crippen molar-refractivity contribution in [3.8, 4) is 0 Å². The Labute approximate surface area is 239 Å². The summed E-state index contributed by atoms with van der Waals surface area (Å²) < 4.78 is 31.7. The molecule has 0 aliphatic carbocycles. The molecule has 3 aromatic carbocycles. The van der Waals surface area contributed by atoms with Gasteiger partial charge in [-0.2, -0.15) is 13.2 Å². The van der Waals surface area contributed by atoms with Gasteiger partial charge in [0, 0.05) is 18.2 Å². The third-order valence-corrected chi connectivity index (χ3v) is 6.57. The molecule has 0 aromatic heterocycles. The van der Waals surface area contributed by atoms with E-state index in [0.717, 1.165) is 47.8 Å². The summed E-state index contributed by atoms with van der Waals surface area (Å²) >= 11 is 0. The molecule has 2 amide bonds. The normalized spacial score (nSPS) is 14.0. The van der Waals surface area contributed by atoms with Crippen molar-refractivity contribution in [2.45, 2.75) is 25.9 Å². The number of aliphatic carboxylic acids is 1. The van der Waals surface area contributed by atoms with E-state index >= 15 is 0 Å². The van der Waals surface area contributed by atoms with E-state index in [1.165, 1.54) is 24.3 Å². The smallest absolute Gasteiger partial charge is 0.478 e. The Morgan fingerprint density at radius 2 is 1.55 bits per heavy atom. The second-order valence-corrected chi connectivity index (χ2v) is 9.65. The second-order valence-electron chi connectivity index (χ2n) is 9.65. The Morgan fingerprint density at radius 3 is 2.17 bits per heavy atom. The van der Waals surface area contributed by atoms with Crippen LogP contribution in [0.3, 0.4) is 0 Å². The number of fused-ring (bicyclic) bond motifs is 1. The number of allylic oxidation sites excluding steroid dienone is 1. The Kier molecular flexibility index (Phi) is 10.8. The van der Waals surface area contributed by atoms with Crippen LogP contribution in [0, 0.1) is 5.92 Å². The number of amides is 2. The van der Waals surface area contributed by atoms with Crippen molar-refractivity contribution in [1.82, 2.24) is 10.6 Å². The van der Waals surface area contributed by atoms with Gasteiger partial charge in [-0.15, -0.1) is 0 Å². The number of anilines is 1.